The van der Waals surface area contributed by atoms with E-state index in [4.69, 9.17) is 16.3 Å². The van der Waals surface area contributed by atoms with Gasteiger partial charge < -0.3 is 15.0 Å². The number of rotatable bonds is 3. The number of benzene rings is 2. The summed E-state index contributed by atoms with van der Waals surface area (Å²) in [6.07, 6.45) is 3.31. The number of carbonyl (C=O) groups is 1. The lowest BCUT2D eigenvalue weighted by molar-refractivity contribution is 0.140. The predicted octanol–water partition coefficient (Wildman–Crippen LogP) is 5.00. The number of amides is 1. The molecule has 4 nitrogen and oxygen atoms in total. The van der Waals surface area contributed by atoms with Crippen molar-refractivity contribution in [1.82, 2.24) is 10.2 Å². The lowest BCUT2D eigenvalue weighted by Crippen LogP contribution is -2.49. The molecule has 0 spiro atoms. The van der Waals surface area contributed by atoms with E-state index in [9.17, 15) is 13.6 Å². The molecule has 0 saturated carbocycles. The molecule has 148 valence electrons. The lowest BCUT2D eigenvalue weighted by atomic mass is 9.98. The van der Waals surface area contributed by atoms with Crippen LogP contribution < -0.4 is 10.1 Å². The van der Waals surface area contributed by atoms with E-state index < -0.39 is 17.7 Å². The maximum absolute atomic E-state index is 14.4. The molecular formula is C21H21ClF2N2O2. The molecule has 2 aromatic rings. The third kappa shape index (κ3) is 3.71. The van der Waals surface area contributed by atoms with Crippen molar-refractivity contribution in [3.63, 3.8) is 0 Å². The highest BCUT2D eigenvalue weighted by Gasteiger charge is 2.39. The Hall–Kier alpha value is -2.18. The van der Waals surface area contributed by atoms with Gasteiger partial charge in [0.1, 0.15) is 5.82 Å². The Morgan fingerprint density at radius 3 is 2.54 bits per heavy atom. The van der Waals surface area contributed by atoms with E-state index in [0.29, 0.717) is 23.2 Å². The van der Waals surface area contributed by atoms with Gasteiger partial charge in [-0.05, 0) is 56.5 Å². The molecule has 1 amide bonds. The summed E-state index contributed by atoms with van der Waals surface area (Å²) in [5.41, 5.74) is 0.798. The van der Waals surface area contributed by atoms with Crippen LogP contribution in [0.1, 0.15) is 25.7 Å². The van der Waals surface area contributed by atoms with Crippen LogP contribution in [0.4, 0.5) is 13.6 Å². The van der Waals surface area contributed by atoms with E-state index in [-0.39, 0.29) is 16.8 Å². The fraction of sp³-hybridized carbons (Fsp3) is 0.381. The standard InChI is InChI=1S/C21H21ClF2N2O2/c1-26-14-6-7-15(26)11-13(10-14)25-21(27)28-20-16(3-2-4-19(20)24)12-5-8-18(23)17(22)9-12/h2-5,8-9,13-15H,6-7,10-11H2,1H3,(H,25,27). The van der Waals surface area contributed by atoms with Crippen LogP contribution in [0.3, 0.4) is 0 Å². The molecule has 28 heavy (non-hydrogen) atoms. The van der Waals surface area contributed by atoms with Crippen molar-refractivity contribution in [3.8, 4) is 16.9 Å². The molecule has 2 fully saturated rings. The molecule has 2 bridgehead atoms. The fourth-order valence-electron chi connectivity index (χ4n) is 4.32. The minimum Gasteiger partial charge on any atom is -0.407 e. The van der Waals surface area contributed by atoms with Crippen LogP contribution in [0.15, 0.2) is 36.4 Å². The molecule has 2 aliphatic heterocycles. The number of nitrogens with one attached hydrogen (secondary N) is 1. The second-order valence-electron chi connectivity index (χ2n) is 7.50. The van der Waals surface area contributed by atoms with Gasteiger partial charge >= 0.3 is 6.09 Å². The average molecular weight is 407 g/mol. The molecule has 0 aliphatic carbocycles. The Balaban J connectivity index is 1.51. The van der Waals surface area contributed by atoms with Crippen LogP contribution in [0.25, 0.3) is 11.1 Å². The van der Waals surface area contributed by atoms with Crippen molar-refractivity contribution < 1.29 is 18.3 Å². The number of ether oxygens (including phenoxy) is 1. The summed E-state index contributed by atoms with van der Waals surface area (Å²) in [7, 11) is 2.12. The van der Waals surface area contributed by atoms with E-state index in [0.717, 1.165) is 25.7 Å². The summed E-state index contributed by atoms with van der Waals surface area (Å²) >= 11 is 5.84. The number of halogens is 3. The van der Waals surface area contributed by atoms with Crippen LogP contribution >= 0.6 is 11.6 Å². The topological polar surface area (TPSA) is 41.6 Å². The first-order valence-electron chi connectivity index (χ1n) is 9.36. The van der Waals surface area contributed by atoms with Crippen molar-refractivity contribution in [1.29, 1.82) is 0 Å². The van der Waals surface area contributed by atoms with Crippen LogP contribution in [0.2, 0.25) is 5.02 Å². The minimum absolute atomic E-state index is 0.0108. The summed E-state index contributed by atoms with van der Waals surface area (Å²) in [5, 5.41) is 2.79. The first-order valence-corrected chi connectivity index (χ1v) is 9.74. The van der Waals surface area contributed by atoms with E-state index in [1.165, 1.54) is 30.3 Å². The van der Waals surface area contributed by atoms with Crippen molar-refractivity contribution in [2.45, 2.75) is 43.8 Å². The summed E-state index contributed by atoms with van der Waals surface area (Å²) in [4.78, 5) is 14.8. The zero-order chi connectivity index (χ0) is 19.8. The average Bonchev–Trinajstić information content (AvgIpc) is 2.87. The number of hydrogen-bond acceptors (Lipinski definition) is 3. The third-order valence-corrected chi connectivity index (χ3v) is 6.10. The number of nitrogens with zero attached hydrogens (tertiary/aromatic N) is 1. The maximum Gasteiger partial charge on any atom is 0.412 e. The summed E-state index contributed by atoms with van der Waals surface area (Å²) in [6, 6.07) is 9.31. The Kier molecular flexibility index (Phi) is 5.25. The summed E-state index contributed by atoms with van der Waals surface area (Å²) in [5.74, 6) is -1.44. The minimum atomic E-state index is -0.687. The molecule has 1 N–H and O–H groups in total. The molecule has 2 atom stereocenters. The van der Waals surface area contributed by atoms with Crippen LogP contribution in [-0.4, -0.2) is 36.2 Å². The van der Waals surface area contributed by atoms with E-state index >= 15 is 0 Å². The first kappa shape index (κ1) is 19.2. The van der Waals surface area contributed by atoms with Gasteiger partial charge in [-0.25, -0.2) is 13.6 Å². The zero-order valence-electron chi connectivity index (χ0n) is 15.4. The smallest absolute Gasteiger partial charge is 0.407 e. The quantitative estimate of drug-likeness (QED) is 0.780. The van der Waals surface area contributed by atoms with Crippen molar-refractivity contribution in [3.05, 3.63) is 53.1 Å². The molecule has 2 aliphatic rings. The van der Waals surface area contributed by atoms with Gasteiger partial charge in [0.15, 0.2) is 11.6 Å². The van der Waals surface area contributed by atoms with Gasteiger partial charge in [0.05, 0.1) is 5.02 Å². The van der Waals surface area contributed by atoms with Gasteiger partial charge in [0.2, 0.25) is 0 Å². The van der Waals surface area contributed by atoms with Crippen LogP contribution in [0.5, 0.6) is 5.75 Å². The van der Waals surface area contributed by atoms with Crippen molar-refractivity contribution in [2.24, 2.45) is 0 Å². The van der Waals surface area contributed by atoms with Gasteiger partial charge in [-0.15, -0.1) is 0 Å². The third-order valence-electron chi connectivity index (χ3n) is 5.81. The monoisotopic (exact) mass is 406 g/mol. The lowest BCUT2D eigenvalue weighted by Gasteiger charge is -2.36. The van der Waals surface area contributed by atoms with E-state index in [1.807, 2.05) is 0 Å². The highest BCUT2D eigenvalue weighted by atomic mass is 35.5. The Bertz CT molecular complexity index is 894. The van der Waals surface area contributed by atoms with Gasteiger partial charge in [0.25, 0.3) is 0 Å². The summed E-state index contributed by atoms with van der Waals surface area (Å²) < 4.78 is 33.2. The number of para-hydroxylation sites is 1. The van der Waals surface area contributed by atoms with Gasteiger partial charge in [0, 0.05) is 23.7 Å². The highest BCUT2D eigenvalue weighted by molar-refractivity contribution is 6.31. The Morgan fingerprint density at radius 2 is 1.86 bits per heavy atom. The van der Waals surface area contributed by atoms with Crippen LogP contribution in [-0.2, 0) is 0 Å². The molecule has 0 aromatic heterocycles. The Labute approximate surface area is 167 Å². The van der Waals surface area contributed by atoms with Gasteiger partial charge in [-0.1, -0.05) is 29.8 Å². The van der Waals surface area contributed by atoms with E-state index in [2.05, 4.69) is 17.3 Å². The number of piperidine rings is 1. The molecule has 2 heterocycles. The SMILES string of the molecule is CN1C2CCC1CC(NC(=O)Oc1c(F)cccc1-c1ccc(F)c(Cl)c1)C2. The molecule has 2 unspecified atom stereocenters. The molecule has 0 radical (unpaired) electrons. The molecule has 7 heteroatoms. The number of fused-ring (bicyclic) bond motifs is 2. The molecular weight excluding hydrogens is 386 g/mol. The second kappa shape index (κ2) is 7.68. The van der Waals surface area contributed by atoms with E-state index in [1.54, 1.807) is 6.07 Å². The van der Waals surface area contributed by atoms with Gasteiger partial charge in [-0.3, -0.25) is 0 Å². The number of hydrogen-bond donors (Lipinski definition) is 1. The zero-order valence-corrected chi connectivity index (χ0v) is 16.2. The van der Waals surface area contributed by atoms with Crippen molar-refractivity contribution >= 4 is 17.7 Å². The van der Waals surface area contributed by atoms with Gasteiger partial charge in [-0.2, -0.15) is 0 Å². The Morgan fingerprint density at radius 1 is 1.14 bits per heavy atom. The number of carbonyl (C=O) groups excluding carboxylic acids is 1. The molecule has 2 saturated heterocycles. The predicted molar refractivity (Wildman–Crippen MR) is 104 cm³/mol. The molecule has 4 rings (SSSR count). The summed E-state index contributed by atoms with van der Waals surface area (Å²) in [6.45, 7) is 0. The highest BCUT2D eigenvalue weighted by Crippen LogP contribution is 2.36. The van der Waals surface area contributed by atoms with Crippen molar-refractivity contribution in [2.75, 3.05) is 7.05 Å². The second-order valence-corrected chi connectivity index (χ2v) is 7.91. The van der Waals surface area contributed by atoms with Crippen LogP contribution in [0, 0.1) is 11.6 Å². The maximum atomic E-state index is 14.4. The fourth-order valence-corrected chi connectivity index (χ4v) is 4.50. The molecule has 2 aromatic carbocycles. The first-order chi connectivity index (χ1) is 13.4. The largest absolute Gasteiger partial charge is 0.412 e. The normalized spacial score (nSPS) is 24.2.